The summed E-state index contributed by atoms with van der Waals surface area (Å²) in [6.45, 7) is 6.69. The van der Waals surface area contributed by atoms with E-state index in [1.54, 1.807) is 12.1 Å². The Kier molecular flexibility index (Phi) is 6.98. The molecule has 0 heterocycles. The van der Waals surface area contributed by atoms with E-state index >= 15 is 0 Å². The molecule has 0 aliphatic heterocycles. The smallest absolute Gasteiger partial charge is 0.257 e. The molecule has 0 saturated carbocycles. The number of primary sulfonamides is 1. The van der Waals surface area contributed by atoms with E-state index in [4.69, 9.17) is 9.88 Å². The number of hydrogen-bond donors (Lipinski definition) is 2. The third-order valence-electron chi connectivity index (χ3n) is 4.22. The average Bonchev–Trinajstić information content (AvgIpc) is 2.59. The van der Waals surface area contributed by atoms with Gasteiger partial charge >= 0.3 is 0 Å². The fourth-order valence-electron chi connectivity index (χ4n) is 2.78. The number of aryl methyl sites for hydroxylation is 1. The number of amides is 1. The van der Waals surface area contributed by atoms with Gasteiger partial charge in [0.1, 0.15) is 5.75 Å². The van der Waals surface area contributed by atoms with Gasteiger partial charge in [0.2, 0.25) is 10.0 Å². The molecule has 3 N–H and O–H groups in total. The van der Waals surface area contributed by atoms with Gasteiger partial charge in [-0.3, -0.25) is 4.79 Å². The Morgan fingerprint density at radius 3 is 2.37 bits per heavy atom. The quantitative estimate of drug-likeness (QED) is 0.723. The Morgan fingerprint density at radius 2 is 1.81 bits per heavy atom. The second kappa shape index (κ2) is 9.01. The van der Waals surface area contributed by atoms with Gasteiger partial charge in [-0.05, 0) is 60.2 Å². The predicted molar refractivity (Wildman–Crippen MR) is 105 cm³/mol. The van der Waals surface area contributed by atoms with Gasteiger partial charge in [0.25, 0.3) is 5.91 Å². The number of carbonyl (C=O) groups is 1. The average molecular weight is 391 g/mol. The van der Waals surface area contributed by atoms with Crippen molar-refractivity contribution >= 4 is 15.9 Å². The molecule has 27 heavy (non-hydrogen) atoms. The summed E-state index contributed by atoms with van der Waals surface area (Å²) in [6.07, 6.45) is 0.582. The molecule has 2 rings (SSSR count). The van der Waals surface area contributed by atoms with E-state index in [9.17, 15) is 13.2 Å². The first-order chi connectivity index (χ1) is 12.7. The highest BCUT2D eigenvalue weighted by atomic mass is 32.2. The van der Waals surface area contributed by atoms with Gasteiger partial charge in [-0.1, -0.05) is 32.0 Å². The lowest BCUT2D eigenvalue weighted by Gasteiger charge is -2.12. The molecule has 0 radical (unpaired) electrons. The van der Waals surface area contributed by atoms with E-state index in [2.05, 4.69) is 19.2 Å². The fraction of sp³-hybridized carbons (Fsp3) is 0.350. The number of carbonyl (C=O) groups excluding carboxylic acids is 1. The van der Waals surface area contributed by atoms with Crippen LogP contribution in [0.2, 0.25) is 0 Å². The van der Waals surface area contributed by atoms with Gasteiger partial charge in [-0.2, -0.15) is 0 Å². The zero-order chi connectivity index (χ0) is 20.0. The number of ether oxygens (including phenoxy) is 1. The van der Waals surface area contributed by atoms with Crippen LogP contribution in [0.25, 0.3) is 0 Å². The van der Waals surface area contributed by atoms with Crippen molar-refractivity contribution in [3.05, 3.63) is 59.2 Å². The maximum absolute atomic E-state index is 11.9. The molecule has 2 aromatic rings. The molecule has 0 bridgehead atoms. The lowest BCUT2D eigenvalue weighted by molar-refractivity contribution is -0.123. The Hall–Kier alpha value is -2.38. The zero-order valence-corrected chi connectivity index (χ0v) is 16.7. The summed E-state index contributed by atoms with van der Waals surface area (Å²) >= 11 is 0. The molecule has 6 nitrogen and oxygen atoms in total. The highest BCUT2D eigenvalue weighted by Crippen LogP contribution is 2.23. The molecule has 0 spiro atoms. The van der Waals surface area contributed by atoms with Crippen molar-refractivity contribution < 1.29 is 17.9 Å². The van der Waals surface area contributed by atoms with Crippen molar-refractivity contribution in [3.8, 4) is 5.75 Å². The first-order valence-corrected chi connectivity index (χ1v) is 10.3. The van der Waals surface area contributed by atoms with Crippen LogP contribution in [0.5, 0.6) is 5.75 Å². The number of benzene rings is 2. The third kappa shape index (κ3) is 6.37. The van der Waals surface area contributed by atoms with Gasteiger partial charge in [0, 0.05) is 6.54 Å². The van der Waals surface area contributed by atoms with Crippen molar-refractivity contribution in [3.63, 3.8) is 0 Å². The largest absolute Gasteiger partial charge is 0.484 e. The number of nitrogens with one attached hydrogen (secondary N) is 1. The van der Waals surface area contributed by atoms with E-state index < -0.39 is 10.0 Å². The fourth-order valence-corrected chi connectivity index (χ4v) is 3.29. The zero-order valence-electron chi connectivity index (χ0n) is 15.9. The minimum absolute atomic E-state index is 0.0508. The second-order valence-electron chi connectivity index (χ2n) is 6.75. The molecule has 2 aromatic carbocycles. The van der Waals surface area contributed by atoms with E-state index in [-0.39, 0.29) is 17.4 Å². The van der Waals surface area contributed by atoms with Crippen LogP contribution < -0.4 is 15.2 Å². The molecule has 0 aromatic heterocycles. The molecule has 1 amide bonds. The summed E-state index contributed by atoms with van der Waals surface area (Å²) in [7, 11) is -3.68. The van der Waals surface area contributed by atoms with E-state index in [1.807, 2.05) is 25.1 Å². The molecule has 0 fully saturated rings. The molecule has 7 heteroatoms. The molecule has 0 saturated heterocycles. The van der Waals surface area contributed by atoms with Gasteiger partial charge in [-0.15, -0.1) is 0 Å². The van der Waals surface area contributed by atoms with Crippen LogP contribution >= 0.6 is 0 Å². The molecule has 0 atom stereocenters. The molecule has 0 aliphatic carbocycles. The van der Waals surface area contributed by atoms with Crippen LogP contribution in [0, 0.1) is 6.92 Å². The second-order valence-corrected chi connectivity index (χ2v) is 8.31. The van der Waals surface area contributed by atoms with Gasteiger partial charge < -0.3 is 10.1 Å². The Labute approximate surface area is 160 Å². The van der Waals surface area contributed by atoms with E-state index in [1.165, 1.54) is 17.7 Å². The first-order valence-electron chi connectivity index (χ1n) is 8.78. The SMILES string of the molecule is Cc1cc(OCC(=O)NCCc2ccc(S(N)(=O)=O)cc2)ccc1C(C)C. The summed E-state index contributed by atoms with van der Waals surface area (Å²) in [5, 5.41) is 7.85. The van der Waals surface area contributed by atoms with Gasteiger partial charge in [0.15, 0.2) is 6.61 Å². The minimum atomic E-state index is -3.68. The summed E-state index contributed by atoms with van der Waals surface area (Å²) in [5.41, 5.74) is 3.31. The summed E-state index contributed by atoms with van der Waals surface area (Å²) in [5.74, 6) is 0.911. The topological polar surface area (TPSA) is 98.5 Å². The first kappa shape index (κ1) is 20.9. The number of nitrogens with two attached hydrogens (primary N) is 1. The Bertz CT molecular complexity index is 891. The predicted octanol–water partition coefficient (Wildman–Crippen LogP) is 2.50. The molecular formula is C20H26N2O4S. The Balaban J connectivity index is 1.77. The number of rotatable bonds is 8. The maximum atomic E-state index is 11.9. The minimum Gasteiger partial charge on any atom is -0.484 e. The van der Waals surface area contributed by atoms with Crippen molar-refractivity contribution in [2.75, 3.05) is 13.2 Å². The monoisotopic (exact) mass is 390 g/mol. The van der Waals surface area contributed by atoms with Crippen LogP contribution in [-0.4, -0.2) is 27.5 Å². The summed E-state index contributed by atoms with van der Waals surface area (Å²) in [6, 6.07) is 12.1. The molecule has 0 aliphatic rings. The summed E-state index contributed by atoms with van der Waals surface area (Å²) < 4.78 is 28.0. The molecular weight excluding hydrogens is 364 g/mol. The van der Waals surface area contributed by atoms with Gasteiger partial charge in [0.05, 0.1) is 4.90 Å². The molecule has 0 unspecified atom stereocenters. The van der Waals surface area contributed by atoms with Crippen LogP contribution in [-0.2, 0) is 21.2 Å². The molecule has 146 valence electrons. The van der Waals surface area contributed by atoms with Crippen LogP contribution in [0.15, 0.2) is 47.4 Å². The van der Waals surface area contributed by atoms with Crippen LogP contribution in [0.3, 0.4) is 0 Å². The van der Waals surface area contributed by atoms with E-state index in [0.29, 0.717) is 24.6 Å². The van der Waals surface area contributed by atoms with Crippen LogP contribution in [0.4, 0.5) is 0 Å². The van der Waals surface area contributed by atoms with Crippen molar-refractivity contribution in [2.45, 2.75) is 38.0 Å². The normalized spacial score (nSPS) is 11.4. The van der Waals surface area contributed by atoms with E-state index in [0.717, 1.165) is 11.1 Å². The summed E-state index contributed by atoms with van der Waals surface area (Å²) in [4.78, 5) is 12.0. The maximum Gasteiger partial charge on any atom is 0.257 e. The Morgan fingerprint density at radius 1 is 1.15 bits per heavy atom. The standard InChI is InChI=1S/C20H26N2O4S/c1-14(2)19-9-6-17(12-15(19)3)26-13-20(23)22-11-10-16-4-7-18(8-5-16)27(21,24)25/h4-9,12,14H,10-11,13H2,1-3H3,(H,22,23)(H2,21,24,25). The lowest BCUT2D eigenvalue weighted by atomic mass is 9.98. The van der Waals surface area contributed by atoms with Crippen molar-refractivity contribution in [2.24, 2.45) is 5.14 Å². The van der Waals surface area contributed by atoms with Gasteiger partial charge in [-0.25, -0.2) is 13.6 Å². The number of sulfonamides is 1. The van der Waals surface area contributed by atoms with Crippen LogP contribution in [0.1, 0.15) is 36.5 Å². The highest BCUT2D eigenvalue weighted by Gasteiger charge is 2.08. The third-order valence-corrected chi connectivity index (χ3v) is 5.15. The highest BCUT2D eigenvalue weighted by molar-refractivity contribution is 7.89. The van der Waals surface area contributed by atoms with Crippen molar-refractivity contribution in [1.82, 2.24) is 5.32 Å². The lowest BCUT2D eigenvalue weighted by Crippen LogP contribution is -2.30. The van der Waals surface area contributed by atoms with Crippen molar-refractivity contribution in [1.29, 1.82) is 0 Å². The number of hydrogen-bond acceptors (Lipinski definition) is 4.